The minimum Gasteiger partial charge on any atom is -0.494 e. The molecular formula is C26H29NO4. The van der Waals surface area contributed by atoms with Gasteiger partial charge >= 0.3 is 5.63 Å². The minimum atomic E-state index is -0.178. The van der Waals surface area contributed by atoms with Crippen molar-refractivity contribution in [3.05, 3.63) is 63.0 Å². The summed E-state index contributed by atoms with van der Waals surface area (Å²) in [5.74, 6) is 1.74. The topological polar surface area (TPSA) is 51.9 Å². The van der Waals surface area contributed by atoms with E-state index in [0.29, 0.717) is 12.3 Å². The molecule has 0 spiro atoms. The van der Waals surface area contributed by atoms with Crippen LogP contribution in [0.25, 0.3) is 11.0 Å². The lowest BCUT2D eigenvalue weighted by Crippen LogP contribution is -2.32. The van der Waals surface area contributed by atoms with E-state index in [1.807, 2.05) is 19.1 Å². The summed E-state index contributed by atoms with van der Waals surface area (Å²) in [5, 5.41) is 1.08. The maximum atomic E-state index is 12.5. The van der Waals surface area contributed by atoms with Crippen molar-refractivity contribution in [3.63, 3.8) is 0 Å². The normalized spacial score (nSPS) is 15.4. The largest absolute Gasteiger partial charge is 0.494 e. The van der Waals surface area contributed by atoms with Crippen LogP contribution in [0.4, 0.5) is 5.69 Å². The first-order valence-corrected chi connectivity index (χ1v) is 11.4. The van der Waals surface area contributed by atoms with Gasteiger partial charge in [0.1, 0.15) is 17.1 Å². The van der Waals surface area contributed by atoms with Crippen molar-refractivity contribution in [2.45, 2.75) is 58.9 Å². The van der Waals surface area contributed by atoms with Crippen molar-refractivity contribution in [1.82, 2.24) is 0 Å². The minimum absolute atomic E-state index is 0.178. The van der Waals surface area contributed by atoms with E-state index in [2.05, 4.69) is 30.0 Å². The summed E-state index contributed by atoms with van der Waals surface area (Å²) in [6.07, 6.45) is 6.11. The summed E-state index contributed by atoms with van der Waals surface area (Å²) < 4.78 is 17.8. The molecule has 2 aromatic carbocycles. The van der Waals surface area contributed by atoms with Gasteiger partial charge in [0.2, 0.25) is 0 Å². The van der Waals surface area contributed by atoms with Gasteiger partial charge in [0.05, 0.1) is 6.61 Å². The van der Waals surface area contributed by atoms with Crippen molar-refractivity contribution < 1.29 is 13.9 Å². The third-order valence-electron chi connectivity index (χ3n) is 6.45. The summed E-state index contributed by atoms with van der Waals surface area (Å²) in [5.41, 5.74) is 5.69. The number of hydrogen-bond donors (Lipinski definition) is 0. The van der Waals surface area contributed by atoms with Crippen LogP contribution in [0.3, 0.4) is 0 Å². The zero-order valence-corrected chi connectivity index (χ0v) is 18.3. The van der Waals surface area contributed by atoms with Crippen LogP contribution < -0.4 is 20.0 Å². The van der Waals surface area contributed by atoms with Gasteiger partial charge in [-0.15, -0.1) is 0 Å². The first-order chi connectivity index (χ1) is 15.2. The van der Waals surface area contributed by atoms with E-state index < -0.39 is 0 Å². The van der Waals surface area contributed by atoms with Crippen LogP contribution >= 0.6 is 0 Å². The molecule has 1 aliphatic heterocycles. The van der Waals surface area contributed by atoms with E-state index in [-0.39, 0.29) is 5.63 Å². The molecule has 0 saturated carbocycles. The standard InChI is InChI=1S/C26H29NO4/c1-3-4-12-29-20-9-7-8-19(14-20)27-15-18-13-23-21-10-5-6-11-22(21)26(28)31-25(23)17(2)24(18)30-16-27/h7-9,13-14H,3-6,10-12,15-16H2,1-2H3. The van der Waals surface area contributed by atoms with Crippen LogP contribution in [-0.2, 0) is 19.4 Å². The summed E-state index contributed by atoms with van der Waals surface area (Å²) in [7, 11) is 0. The number of anilines is 1. The maximum absolute atomic E-state index is 12.5. The van der Waals surface area contributed by atoms with Gasteiger partial charge in [-0.1, -0.05) is 19.4 Å². The quantitative estimate of drug-likeness (QED) is 0.403. The lowest BCUT2D eigenvalue weighted by molar-refractivity contribution is 0.286. The Kier molecular flexibility index (Phi) is 5.34. The molecule has 0 atom stereocenters. The highest BCUT2D eigenvalue weighted by atomic mass is 16.5. The Morgan fingerprint density at radius 3 is 2.81 bits per heavy atom. The Balaban J connectivity index is 1.50. The van der Waals surface area contributed by atoms with Crippen LogP contribution in [0, 0.1) is 6.92 Å². The van der Waals surface area contributed by atoms with Crippen molar-refractivity contribution >= 4 is 16.7 Å². The van der Waals surface area contributed by atoms with E-state index in [9.17, 15) is 4.79 Å². The third kappa shape index (κ3) is 3.67. The molecule has 5 rings (SSSR count). The second-order valence-corrected chi connectivity index (χ2v) is 8.59. The molecule has 5 nitrogen and oxygen atoms in total. The van der Waals surface area contributed by atoms with Crippen molar-refractivity contribution in [1.29, 1.82) is 0 Å². The van der Waals surface area contributed by atoms with Crippen LogP contribution in [0.5, 0.6) is 11.5 Å². The number of unbranched alkanes of at least 4 members (excludes halogenated alkanes) is 1. The van der Waals surface area contributed by atoms with E-state index >= 15 is 0 Å². The fourth-order valence-corrected chi connectivity index (χ4v) is 4.77. The van der Waals surface area contributed by atoms with Crippen LogP contribution in [-0.4, -0.2) is 13.3 Å². The molecule has 1 aliphatic carbocycles. The number of nitrogens with zero attached hydrogens (tertiary/aromatic N) is 1. The highest BCUT2D eigenvalue weighted by Gasteiger charge is 2.26. The molecule has 5 heteroatoms. The molecule has 0 amide bonds. The zero-order valence-electron chi connectivity index (χ0n) is 18.3. The second kappa shape index (κ2) is 8.29. The van der Waals surface area contributed by atoms with E-state index in [1.165, 1.54) is 5.56 Å². The molecule has 0 radical (unpaired) electrons. The summed E-state index contributed by atoms with van der Waals surface area (Å²) in [6.45, 7) is 6.10. The van der Waals surface area contributed by atoms with Gasteiger partial charge in [0, 0.05) is 40.4 Å². The monoisotopic (exact) mass is 419 g/mol. The molecule has 0 fully saturated rings. The first-order valence-electron chi connectivity index (χ1n) is 11.4. The van der Waals surface area contributed by atoms with Gasteiger partial charge in [-0.25, -0.2) is 4.79 Å². The van der Waals surface area contributed by atoms with Gasteiger partial charge in [0.15, 0.2) is 6.73 Å². The first kappa shape index (κ1) is 20.0. The molecule has 0 unspecified atom stereocenters. The zero-order chi connectivity index (χ0) is 21.4. The van der Waals surface area contributed by atoms with Gasteiger partial charge in [0.25, 0.3) is 0 Å². The molecule has 31 heavy (non-hydrogen) atoms. The number of aryl methyl sites for hydroxylation is 2. The molecule has 0 saturated heterocycles. The molecule has 0 bridgehead atoms. The van der Waals surface area contributed by atoms with Gasteiger partial charge in [-0.05, 0) is 62.8 Å². The van der Waals surface area contributed by atoms with Crippen LogP contribution in [0.2, 0.25) is 0 Å². The van der Waals surface area contributed by atoms with E-state index in [1.54, 1.807) is 0 Å². The third-order valence-corrected chi connectivity index (χ3v) is 6.45. The number of benzene rings is 2. The lowest BCUT2D eigenvalue weighted by Gasteiger charge is -2.32. The van der Waals surface area contributed by atoms with Crippen molar-refractivity contribution in [2.75, 3.05) is 18.2 Å². The molecular weight excluding hydrogens is 390 g/mol. The fraction of sp³-hybridized carbons (Fsp3) is 0.423. The highest BCUT2D eigenvalue weighted by molar-refractivity contribution is 5.87. The van der Waals surface area contributed by atoms with Gasteiger partial charge < -0.3 is 18.8 Å². The number of hydrogen-bond acceptors (Lipinski definition) is 5. The predicted molar refractivity (Wildman–Crippen MR) is 122 cm³/mol. The summed E-state index contributed by atoms with van der Waals surface area (Å²) >= 11 is 0. The van der Waals surface area contributed by atoms with Gasteiger partial charge in [-0.2, -0.15) is 0 Å². The molecule has 0 N–H and O–H groups in total. The van der Waals surface area contributed by atoms with Gasteiger partial charge in [-0.3, -0.25) is 0 Å². The van der Waals surface area contributed by atoms with E-state index in [0.717, 1.165) is 90.9 Å². The molecule has 2 aliphatic rings. The number of ether oxygens (including phenoxy) is 2. The van der Waals surface area contributed by atoms with Crippen LogP contribution in [0.15, 0.2) is 39.5 Å². The number of fused-ring (bicyclic) bond motifs is 4. The number of rotatable bonds is 5. The van der Waals surface area contributed by atoms with Crippen LogP contribution in [0.1, 0.15) is 54.9 Å². The van der Waals surface area contributed by atoms with Crippen molar-refractivity contribution in [2.24, 2.45) is 0 Å². The SMILES string of the molecule is CCCCOc1cccc(N2COc3c(cc4c5c(c(=O)oc4c3C)CCCC5)C2)c1. The lowest BCUT2D eigenvalue weighted by atomic mass is 9.89. The van der Waals surface area contributed by atoms with Crippen molar-refractivity contribution in [3.8, 4) is 11.5 Å². The average Bonchev–Trinajstić information content (AvgIpc) is 2.80. The Hall–Kier alpha value is -2.95. The molecule has 1 aromatic heterocycles. The highest BCUT2D eigenvalue weighted by Crippen LogP contribution is 2.39. The Labute approximate surface area is 182 Å². The Bertz CT molecular complexity index is 1180. The summed E-state index contributed by atoms with van der Waals surface area (Å²) in [6, 6.07) is 10.4. The Morgan fingerprint density at radius 2 is 1.97 bits per heavy atom. The average molecular weight is 420 g/mol. The fourth-order valence-electron chi connectivity index (χ4n) is 4.77. The van der Waals surface area contributed by atoms with E-state index in [4.69, 9.17) is 13.9 Å². The summed E-state index contributed by atoms with van der Waals surface area (Å²) in [4.78, 5) is 14.7. The smallest absolute Gasteiger partial charge is 0.339 e. The Morgan fingerprint density at radius 1 is 1.13 bits per heavy atom. The molecule has 162 valence electrons. The maximum Gasteiger partial charge on any atom is 0.339 e. The second-order valence-electron chi connectivity index (χ2n) is 8.59. The molecule has 2 heterocycles. The molecule has 3 aromatic rings. The predicted octanol–water partition coefficient (Wildman–Crippen LogP) is 5.52.